The molecule has 178 valence electrons. The van der Waals surface area contributed by atoms with Crippen LogP contribution in [0.4, 0.5) is 10.5 Å². The van der Waals surface area contributed by atoms with E-state index in [9.17, 15) is 19.2 Å². The molecule has 0 aromatic heterocycles. The number of carbonyl (C=O) groups is 4. The smallest absolute Gasteiger partial charge is 0.344 e. The van der Waals surface area contributed by atoms with Crippen LogP contribution in [0.2, 0.25) is 0 Å². The van der Waals surface area contributed by atoms with E-state index in [0.717, 1.165) is 16.7 Å². The topological polar surface area (TPSA) is 111 Å². The number of para-hydroxylation sites is 1. The fourth-order valence-corrected chi connectivity index (χ4v) is 3.82. The van der Waals surface area contributed by atoms with Crippen molar-refractivity contribution in [3.63, 3.8) is 0 Å². The van der Waals surface area contributed by atoms with Crippen molar-refractivity contribution in [1.82, 2.24) is 4.90 Å². The number of carbonyl (C=O) groups excluding carboxylic acids is 4. The van der Waals surface area contributed by atoms with Gasteiger partial charge in [0.1, 0.15) is 18.0 Å². The van der Waals surface area contributed by atoms with Crippen molar-refractivity contribution in [2.24, 2.45) is 0 Å². The lowest BCUT2D eigenvalue weighted by Crippen LogP contribution is -2.36. The summed E-state index contributed by atoms with van der Waals surface area (Å²) in [6, 6.07) is 13.5. The molecule has 1 aliphatic heterocycles. The first-order chi connectivity index (χ1) is 16.4. The van der Waals surface area contributed by atoms with Crippen LogP contribution >= 0.6 is 11.8 Å². The second-order valence-electron chi connectivity index (χ2n) is 6.90. The van der Waals surface area contributed by atoms with Crippen LogP contribution in [0.1, 0.15) is 19.4 Å². The molecule has 1 heterocycles. The zero-order valence-corrected chi connectivity index (χ0v) is 19.6. The molecule has 10 heteroatoms. The standard InChI is InChI=1S/C24H24N2O7S/c1-3-31-18-11-9-17(10-12-18)25-21(27)14-26-23(29)20(34-24(26)30)13-16-7-5-6-8-19(16)33-15-22(28)32-4-2/h5-13H,3-4,14-15H2,1-2H3,(H,25,27)/b20-13+. The van der Waals surface area contributed by atoms with Gasteiger partial charge < -0.3 is 19.5 Å². The van der Waals surface area contributed by atoms with Crippen LogP contribution in [-0.2, 0) is 19.1 Å². The molecule has 1 aliphatic rings. The van der Waals surface area contributed by atoms with Crippen LogP contribution in [0.5, 0.6) is 11.5 Å². The molecule has 0 aliphatic carbocycles. The summed E-state index contributed by atoms with van der Waals surface area (Å²) in [7, 11) is 0. The van der Waals surface area contributed by atoms with Crippen LogP contribution in [0.25, 0.3) is 6.08 Å². The number of nitrogens with one attached hydrogen (secondary N) is 1. The summed E-state index contributed by atoms with van der Waals surface area (Å²) in [6.45, 7) is 3.63. The van der Waals surface area contributed by atoms with Gasteiger partial charge in [-0.2, -0.15) is 0 Å². The molecule has 3 rings (SSSR count). The number of imide groups is 1. The minimum atomic E-state index is -0.586. The average Bonchev–Trinajstić information content (AvgIpc) is 3.07. The van der Waals surface area contributed by atoms with Crippen molar-refractivity contribution < 1.29 is 33.4 Å². The fraction of sp³-hybridized carbons (Fsp3) is 0.250. The first-order valence-corrected chi connectivity index (χ1v) is 11.4. The van der Waals surface area contributed by atoms with Gasteiger partial charge >= 0.3 is 5.97 Å². The summed E-state index contributed by atoms with van der Waals surface area (Å²) in [6.07, 6.45) is 1.50. The third kappa shape index (κ3) is 6.61. The van der Waals surface area contributed by atoms with Gasteiger partial charge in [0, 0.05) is 11.3 Å². The molecule has 0 atom stereocenters. The molecule has 0 saturated carbocycles. The summed E-state index contributed by atoms with van der Waals surface area (Å²) in [5.74, 6) is -0.585. The molecule has 1 saturated heterocycles. The van der Waals surface area contributed by atoms with Crippen LogP contribution in [-0.4, -0.2) is 54.3 Å². The van der Waals surface area contributed by atoms with Gasteiger partial charge in [-0.3, -0.25) is 19.3 Å². The average molecular weight is 485 g/mol. The fourth-order valence-electron chi connectivity index (χ4n) is 2.99. The predicted octanol–water partition coefficient (Wildman–Crippen LogP) is 3.70. The van der Waals surface area contributed by atoms with Gasteiger partial charge in [-0.15, -0.1) is 0 Å². The SMILES string of the molecule is CCOC(=O)COc1ccccc1/C=C1/SC(=O)N(CC(=O)Nc2ccc(OCC)cc2)C1=O. The molecular weight excluding hydrogens is 460 g/mol. The van der Waals surface area contributed by atoms with E-state index < -0.39 is 29.6 Å². The number of anilines is 1. The summed E-state index contributed by atoms with van der Waals surface area (Å²) >= 11 is 0.728. The monoisotopic (exact) mass is 484 g/mol. The van der Waals surface area contributed by atoms with Gasteiger partial charge in [-0.05, 0) is 62.0 Å². The number of esters is 1. The van der Waals surface area contributed by atoms with E-state index in [0.29, 0.717) is 29.4 Å². The van der Waals surface area contributed by atoms with E-state index in [1.807, 2.05) is 6.92 Å². The first kappa shape index (κ1) is 24.8. The summed E-state index contributed by atoms with van der Waals surface area (Å²) in [4.78, 5) is 50.2. The predicted molar refractivity (Wildman–Crippen MR) is 127 cm³/mol. The second-order valence-corrected chi connectivity index (χ2v) is 7.90. The number of amides is 3. The number of rotatable bonds is 10. The highest BCUT2D eigenvalue weighted by atomic mass is 32.2. The van der Waals surface area contributed by atoms with Gasteiger partial charge in [0.2, 0.25) is 5.91 Å². The Bertz CT molecular complexity index is 1100. The Labute approximate surface area is 201 Å². The molecular formula is C24H24N2O7S. The van der Waals surface area contributed by atoms with Crippen molar-refractivity contribution in [2.45, 2.75) is 13.8 Å². The van der Waals surface area contributed by atoms with Gasteiger partial charge in [-0.1, -0.05) is 18.2 Å². The number of hydrogen-bond acceptors (Lipinski definition) is 8. The zero-order chi connectivity index (χ0) is 24.5. The molecule has 2 aromatic rings. The number of thioether (sulfide) groups is 1. The van der Waals surface area contributed by atoms with E-state index in [1.165, 1.54) is 6.08 Å². The zero-order valence-electron chi connectivity index (χ0n) is 18.7. The Morgan fingerprint density at radius 2 is 1.74 bits per heavy atom. The lowest BCUT2D eigenvalue weighted by Gasteiger charge is -2.13. The Morgan fingerprint density at radius 1 is 1.00 bits per heavy atom. The van der Waals surface area contributed by atoms with Crippen LogP contribution in [0, 0.1) is 0 Å². The number of ether oxygens (including phenoxy) is 3. The van der Waals surface area contributed by atoms with E-state index in [2.05, 4.69) is 5.32 Å². The van der Waals surface area contributed by atoms with E-state index in [-0.39, 0.29) is 18.1 Å². The van der Waals surface area contributed by atoms with Crippen LogP contribution < -0.4 is 14.8 Å². The normalized spacial score (nSPS) is 14.3. The summed E-state index contributed by atoms with van der Waals surface area (Å²) < 4.78 is 15.7. The quantitative estimate of drug-likeness (QED) is 0.401. The molecule has 9 nitrogen and oxygen atoms in total. The molecule has 0 bridgehead atoms. The van der Waals surface area contributed by atoms with E-state index in [1.54, 1.807) is 55.5 Å². The van der Waals surface area contributed by atoms with Crippen molar-refractivity contribution >= 4 is 46.5 Å². The largest absolute Gasteiger partial charge is 0.494 e. The molecule has 0 radical (unpaired) electrons. The van der Waals surface area contributed by atoms with Crippen LogP contribution in [0.3, 0.4) is 0 Å². The summed E-state index contributed by atoms with van der Waals surface area (Å²) in [5, 5.41) is 2.10. The first-order valence-electron chi connectivity index (χ1n) is 10.6. The Morgan fingerprint density at radius 3 is 2.44 bits per heavy atom. The number of benzene rings is 2. The molecule has 0 unspecified atom stereocenters. The van der Waals surface area contributed by atoms with E-state index >= 15 is 0 Å². The Hall–Kier alpha value is -3.79. The maximum absolute atomic E-state index is 12.8. The van der Waals surface area contributed by atoms with Crippen molar-refractivity contribution in [3.05, 3.63) is 59.0 Å². The summed E-state index contributed by atoms with van der Waals surface area (Å²) in [5.41, 5.74) is 1.03. The minimum Gasteiger partial charge on any atom is -0.494 e. The van der Waals surface area contributed by atoms with Gasteiger partial charge in [-0.25, -0.2) is 4.79 Å². The maximum atomic E-state index is 12.8. The number of nitrogens with zero attached hydrogens (tertiary/aromatic N) is 1. The molecule has 0 spiro atoms. The van der Waals surface area contributed by atoms with Crippen molar-refractivity contribution in [3.8, 4) is 11.5 Å². The molecule has 1 fully saturated rings. The Balaban J connectivity index is 1.65. The van der Waals surface area contributed by atoms with E-state index in [4.69, 9.17) is 14.2 Å². The molecule has 34 heavy (non-hydrogen) atoms. The molecule has 1 N–H and O–H groups in total. The van der Waals surface area contributed by atoms with Gasteiger partial charge in [0.15, 0.2) is 6.61 Å². The molecule has 3 amide bonds. The highest BCUT2D eigenvalue weighted by molar-refractivity contribution is 8.18. The van der Waals surface area contributed by atoms with Gasteiger partial charge in [0.05, 0.1) is 18.1 Å². The van der Waals surface area contributed by atoms with Gasteiger partial charge in [0.25, 0.3) is 11.1 Å². The number of hydrogen-bond donors (Lipinski definition) is 1. The lowest BCUT2D eigenvalue weighted by atomic mass is 10.2. The maximum Gasteiger partial charge on any atom is 0.344 e. The van der Waals surface area contributed by atoms with Crippen LogP contribution in [0.15, 0.2) is 53.4 Å². The third-order valence-electron chi connectivity index (χ3n) is 4.48. The highest BCUT2D eigenvalue weighted by Crippen LogP contribution is 2.34. The lowest BCUT2D eigenvalue weighted by molar-refractivity contribution is -0.145. The van der Waals surface area contributed by atoms with Crippen molar-refractivity contribution in [2.75, 3.05) is 31.7 Å². The Kier molecular flexibility index (Phi) is 8.69. The minimum absolute atomic E-state index is 0.144. The third-order valence-corrected chi connectivity index (χ3v) is 5.39. The molecule has 2 aromatic carbocycles. The van der Waals surface area contributed by atoms with Crippen molar-refractivity contribution in [1.29, 1.82) is 0 Å². The highest BCUT2D eigenvalue weighted by Gasteiger charge is 2.36. The second kappa shape index (κ2) is 11.9.